The number of nitrogens with one attached hydrogen (secondary N) is 1. The van der Waals surface area contributed by atoms with E-state index in [2.05, 4.69) is 17.0 Å². The van der Waals surface area contributed by atoms with Gasteiger partial charge in [0.2, 0.25) is 0 Å². The van der Waals surface area contributed by atoms with Crippen molar-refractivity contribution in [2.75, 3.05) is 13.7 Å². The second-order valence-electron chi connectivity index (χ2n) is 7.00. The molecule has 3 rings (SSSR count). The molecule has 0 radical (unpaired) electrons. The number of esters is 1. The van der Waals surface area contributed by atoms with Gasteiger partial charge in [0.15, 0.2) is 6.61 Å². The van der Waals surface area contributed by atoms with Crippen LogP contribution < -0.4 is 10.1 Å². The maximum absolute atomic E-state index is 12.1. The fraction of sp³-hybridized carbons (Fsp3) is 0.579. The smallest absolute Gasteiger partial charge is 0.337 e. The zero-order valence-corrected chi connectivity index (χ0v) is 14.3. The lowest BCUT2D eigenvalue weighted by Crippen LogP contribution is -2.42. The van der Waals surface area contributed by atoms with Crippen LogP contribution in [0.15, 0.2) is 24.3 Å². The number of rotatable bonds is 6. The molecule has 1 aromatic rings. The number of carbonyl (C=O) groups excluding carboxylic acids is 2. The minimum atomic E-state index is -0.421. The van der Waals surface area contributed by atoms with Gasteiger partial charge < -0.3 is 14.8 Å². The van der Waals surface area contributed by atoms with Crippen LogP contribution in [-0.4, -0.2) is 31.6 Å². The Labute approximate surface area is 142 Å². The molecule has 2 fully saturated rings. The van der Waals surface area contributed by atoms with E-state index in [1.54, 1.807) is 24.3 Å². The average Bonchev–Trinajstić information content (AvgIpc) is 3.23. The molecule has 0 saturated heterocycles. The first kappa shape index (κ1) is 16.8. The summed E-state index contributed by atoms with van der Waals surface area (Å²) in [7, 11) is 1.33. The van der Waals surface area contributed by atoms with Crippen molar-refractivity contribution in [1.29, 1.82) is 0 Å². The fourth-order valence-corrected chi connectivity index (χ4v) is 4.29. The monoisotopic (exact) mass is 331 g/mol. The molecule has 1 N–H and O–H groups in total. The van der Waals surface area contributed by atoms with Gasteiger partial charge in [0.05, 0.1) is 12.7 Å². The lowest BCUT2D eigenvalue weighted by Gasteiger charge is -2.28. The standard InChI is InChI=1S/C19H25NO4/c1-12(17-9-13-6-7-14(17)8-13)20-18(21)11-24-16-5-3-4-15(10-16)19(22)23-2/h3-5,10,12-14,17H,6-9,11H2,1-2H3,(H,20,21). The normalized spacial score (nSPS) is 26.0. The molecular formula is C19H25NO4. The van der Waals surface area contributed by atoms with Crippen LogP contribution in [0.1, 0.15) is 43.0 Å². The first-order valence-electron chi connectivity index (χ1n) is 8.67. The van der Waals surface area contributed by atoms with E-state index < -0.39 is 5.97 Å². The van der Waals surface area contributed by atoms with Crippen LogP contribution in [0.3, 0.4) is 0 Å². The molecule has 0 aromatic heterocycles. The highest BCUT2D eigenvalue weighted by Gasteiger charge is 2.42. The van der Waals surface area contributed by atoms with E-state index in [9.17, 15) is 9.59 Å². The summed E-state index contributed by atoms with van der Waals surface area (Å²) in [5, 5.41) is 3.07. The van der Waals surface area contributed by atoms with Crippen molar-refractivity contribution in [3.63, 3.8) is 0 Å². The predicted octanol–water partition coefficient (Wildman–Crippen LogP) is 2.79. The van der Waals surface area contributed by atoms with Gasteiger partial charge in [-0.15, -0.1) is 0 Å². The van der Waals surface area contributed by atoms with E-state index in [0.717, 1.165) is 11.8 Å². The van der Waals surface area contributed by atoms with Gasteiger partial charge >= 0.3 is 5.97 Å². The Balaban J connectivity index is 1.48. The molecule has 2 bridgehead atoms. The molecular weight excluding hydrogens is 306 g/mol. The molecule has 0 heterocycles. The van der Waals surface area contributed by atoms with Crippen molar-refractivity contribution >= 4 is 11.9 Å². The van der Waals surface area contributed by atoms with Crippen LogP contribution in [0.5, 0.6) is 5.75 Å². The summed E-state index contributed by atoms with van der Waals surface area (Å²) < 4.78 is 10.2. The van der Waals surface area contributed by atoms with Crippen LogP contribution in [0.25, 0.3) is 0 Å². The topological polar surface area (TPSA) is 64.6 Å². The number of carbonyl (C=O) groups is 2. The minimum absolute atomic E-state index is 0.0459. The van der Waals surface area contributed by atoms with Gasteiger partial charge in [-0.2, -0.15) is 0 Å². The van der Waals surface area contributed by atoms with E-state index in [-0.39, 0.29) is 18.6 Å². The maximum Gasteiger partial charge on any atom is 0.337 e. The van der Waals surface area contributed by atoms with Crippen LogP contribution in [0.2, 0.25) is 0 Å². The fourth-order valence-electron chi connectivity index (χ4n) is 4.29. The molecule has 0 aliphatic heterocycles. The summed E-state index contributed by atoms with van der Waals surface area (Å²) in [4.78, 5) is 23.6. The number of fused-ring (bicyclic) bond motifs is 2. The zero-order valence-electron chi connectivity index (χ0n) is 14.3. The van der Waals surface area contributed by atoms with Crippen molar-refractivity contribution in [2.24, 2.45) is 17.8 Å². The van der Waals surface area contributed by atoms with E-state index in [1.807, 2.05) is 0 Å². The summed E-state index contributed by atoms with van der Waals surface area (Å²) >= 11 is 0. The Morgan fingerprint density at radius 3 is 2.79 bits per heavy atom. The third-order valence-electron chi connectivity index (χ3n) is 5.45. The number of methoxy groups -OCH3 is 1. The van der Waals surface area contributed by atoms with Gasteiger partial charge in [-0.25, -0.2) is 4.79 Å². The summed E-state index contributed by atoms with van der Waals surface area (Å²) in [5.74, 6) is 2.21. The van der Waals surface area contributed by atoms with Gasteiger partial charge in [0.25, 0.3) is 5.91 Å². The first-order valence-corrected chi connectivity index (χ1v) is 8.67. The molecule has 4 atom stereocenters. The lowest BCUT2D eigenvalue weighted by atomic mass is 9.84. The Bertz CT molecular complexity index is 615. The van der Waals surface area contributed by atoms with Crippen molar-refractivity contribution in [2.45, 2.75) is 38.6 Å². The average molecular weight is 331 g/mol. The Hall–Kier alpha value is -2.04. The molecule has 1 aromatic carbocycles. The van der Waals surface area contributed by atoms with E-state index in [1.165, 1.54) is 32.8 Å². The highest BCUT2D eigenvalue weighted by atomic mass is 16.5. The van der Waals surface area contributed by atoms with E-state index in [0.29, 0.717) is 17.2 Å². The molecule has 1 amide bonds. The summed E-state index contributed by atoms with van der Waals surface area (Å²) in [6.45, 7) is 2.05. The number of hydrogen-bond acceptors (Lipinski definition) is 4. The van der Waals surface area contributed by atoms with Crippen LogP contribution in [0.4, 0.5) is 0 Å². The van der Waals surface area contributed by atoms with Crippen LogP contribution in [0, 0.1) is 17.8 Å². The molecule has 130 valence electrons. The second-order valence-corrected chi connectivity index (χ2v) is 7.00. The lowest BCUT2D eigenvalue weighted by molar-refractivity contribution is -0.124. The number of ether oxygens (including phenoxy) is 2. The molecule has 0 spiro atoms. The highest BCUT2D eigenvalue weighted by molar-refractivity contribution is 5.89. The summed E-state index contributed by atoms with van der Waals surface area (Å²) in [5.41, 5.74) is 0.408. The molecule has 5 nitrogen and oxygen atoms in total. The molecule has 4 unspecified atom stereocenters. The van der Waals surface area contributed by atoms with Gasteiger partial charge in [0.1, 0.15) is 5.75 Å². The molecule has 2 aliphatic carbocycles. The largest absolute Gasteiger partial charge is 0.484 e. The Morgan fingerprint density at radius 2 is 2.12 bits per heavy atom. The van der Waals surface area contributed by atoms with Crippen molar-refractivity contribution in [3.05, 3.63) is 29.8 Å². The predicted molar refractivity (Wildman–Crippen MR) is 89.8 cm³/mol. The van der Waals surface area contributed by atoms with Gasteiger partial charge in [-0.3, -0.25) is 4.79 Å². The number of amides is 1. The summed E-state index contributed by atoms with van der Waals surface area (Å²) in [6, 6.07) is 6.85. The zero-order chi connectivity index (χ0) is 17.1. The van der Waals surface area contributed by atoms with E-state index >= 15 is 0 Å². The highest BCUT2D eigenvalue weighted by Crippen LogP contribution is 2.49. The quantitative estimate of drug-likeness (QED) is 0.814. The number of benzene rings is 1. The third-order valence-corrected chi connectivity index (χ3v) is 5.45. The first-order chi connectivity index (χ1) is 11.6. The van der Waals surface area contributed by atoms with Crippen molar-refractivity contribution in [1.82, 2.24) is 5.32 Å². The maximum atomic E-state index is 12.1. The molecule has 2 aliphatic rings. The molecule has 5 heteroatoms. The molecule has 24 heavy (non-hydrogen) atoms. The Morgan fingerprint density at radius 1 is 1.29 bits per heavy atom. The third kappa shape index (κ3) is 3.71. The van der Waals surface area contributed by atoms with Crippen molar-refractivity contribution < 1.29 is 19.1 Å². The second kappa shape index (κ2) is 7.24. The SMILES string of the molecule is COC(=O)c1cccc(OCC(=O)NC(C)C2CC3CCC2C3)c1. The van der Waals surface area contributed by atoms with Gasteiger partial charge in [-0.05, 0) is 62.1 Å². The van der Waals surface area contributed by atoms with Gasteiger partial charge in [0, 0.05) is 6.04 Å². The van der Waals surface area contributed by atoms with Crippen molar-refractivity contribution in [3.8, 4) is 5.75 Å². The molecule has 2 saturated carbocycles. The Kier molecular flexibility index (Phi) is 5.07. The van der Waals surface area contributed by atoms with E-state index in [4.69, 9.17) is 4.74 Å². The minimum Gasteiger partial charge on any atom is -0.484 e. The van der Waals surface area contributed by atoms with Crippen LogP contribution >= 0.6 is 0 Å². The van der Waals surface area contributed by atoms with Crippen LogP contribution in [-0.2, 0) is 9.53 Å². The summed E-state index contributed by atoms with van der Waals surface area (Å²) in [6.07, 6.45) is 5.25. The number of hydrogen-bond donors (Lipinski definition) is 1. The van der Waals surface area contributed by atoms with Gasteiger partial charge in [-0.1, -0.05) is 12.5 Å².